The van der Waals surface area contributed by atoms with Crippen molar-refractivity contribution in [3.8, 4) is 0 Å². The average Bonchev–Trinajstić information content (AvgIpc) is 3.07. The summed E-state index contributed by atoms with van der Waals surface area (Å²) in [6.45, 7) is 2.13. The predicted molar refractivity (Wildman–Crippen MR) is 86.9 cm³/mol. The molecular formula is C16H22N6O. The zero-order chi connectivity index (χ0) is 16.2. The monoisotopic (exact) mass is 314 g/mol. The molecule has 0 fully saturated rings. The van der Waals surface area contributed by atoms with Gasteiger partial charge < -0.3 is 9.80 Å². The minimum atomic E-state index is 0.200. The van der Waals surface area contributed by atoms with E-state index in [0.29, 0.717) is 13.0 Å². The summed E-state index contributed by atoms with van der Waals surface area (Å²) in [5.41, 5.74) is 2.12. The van der Waals surface area contributed by atoms with Crippen LogP contribution in [0.4, 0.5) is 5.82 Å². The smallest absolute Gasteiger partial charge is 0.222 e. The van der Waals surface area contributed by atoms with Crippen molar-refractivity contribution in [1.82, 2.24) is 24.9 Å². The van der Waals surface area contributed by atoms with Crippen molar-refractivity contribution in [1.29, 1.82) is 0 Å². The third-order valence-corrected chi connectivity index (χ3v) is 4.07. The van der Waals surface area contributed by atoms with Crippen molar-refractivity contribution in [3.05, 3.63) is 35.8 Å². The van der Waals surface area contributed by atoms with E-state index in [1.54, 1.807) is 6.20 Å². The number of amides is 1. The molecule has 0 bridgehead atoms. The maximum atomic E-state index is 12.4. The number of aryl methyl sites for hydroxylation is 1. The van der Waals surface area contributed by atoms with Gasteiger partial charge in [-0.2, -0.15) is 10.2 Å². The molecule has 2 aromatic rings. The highest BCUT2D eigenvalue weighted by Crippen LogP contribution is 2.20. The SMILES string of the molecule is CN(C)c1cc2c(nn1)CCN(C(=O)CCCn1cccn1)C2. The molecular weight excluding hydrogens is 292 g/mol. The highest BCUT2D eigenvalue weighted by Gasteiger charge is 2.22. The van der Waals surface area contributed by atoms with Gasteiger partial charge in [-0.1, -0.05) is 0 Å². The van der Waals surface area contributed by atoms with Crippen LogP contribution in [-0.4, -0.2) is 51.4 Å². The third kappa shape index (κ3) is 3.67. The second-order valence-electron chi connectivity index (χ2n) is 6.01. The second-order valence-corrected chi connectivity index (χ2v) is 6.01. The molecule has 0 aliphatic carbocycles. The number of hydrogen-bond acceptors (Lipinski definition) is 5. The molecule has 1 aliphatic rings. The van der Waals surface area contributed by atoms with E-state index in [1.807, 2.05) is 46.9 Å². The van der Waals surface area contributed by atoms with Crippen molar-refractivity contribution in [2.45, 2.75) is 32.4 Å². The summed E-state index contributed by atoms with van der Waals surface area (Å²) >= 11 is 0. The van der Waals surface area contributed by atoms with Gasteiger partial charge >= 0.3 is 0 Å². The topological polar surface area (TPSA) is 67.2 Å². The molecule has 0 N–H and O–H groups in total. The lowest BCUT2D eigenvalue weighted by molar-refractivity contribution is -0.132. The third-order valence-electron chi connectivity index (χ3n) is 4.07. The zero-order valence-corrected chi connectivity index (χ0v) is 13.6. The summed E-state index contributed by atoms with van der Waals surface area (Å²) < 4.78 is 1.86. The molecule has 3 rings (SSSR count). The first-order valence-electron chi connectivity index (χ1n) is 7.91. The predicted octanol–water partition coefficient (Wildman–Crippen LogP) is 1.10. The molecule has 23 heavy (non-hydrogen) atoms. The van der Waals surface area contributed by atoms with Gasteiger partial charge in [-0.05, 0) is 24.1 Å². The van der Waals surface area contributed by atoms with E-state index in [0.717, 1.165) is 43.0 Å². The Morgan fingerprint density at radius 1 is 1.35 bits per heavy atom. The number of aromatic nitrogens is 4. The van der Waals surface area contributed by atoms with Crippen LogP contribution in [0, 0.1) is 0 Å². The molecule has 3 heterocycles. The Morgan fingerprint density at radius 3 is 2.96 bits per heavy atom. The Labute approximate surface area is 135 Å². The molecule has 122 valence electrons. The maximum absolute atomic E-state index is 12.4. The fraction of sp³-hybridized carbons (Fsp3) is 0.500. The van der Waals surface area contributed by atoms with E-state index in [-0.39, 0.29) is 5.91 Å². The van der Waals surface area contributed by atoms with Crippen molar-refractivity contribution in [2.24, 2.45) is 0 Å². The fourth-order valence-corrected chi connectivity index (χ4v) is 2.73. The van der Waals surface area contributed by atoms with Crippen LogP contribution in [-0.2, 0) is 24.3 Å². The van der Waals surface area contributed by atoms with Gasteiger partial charge in [0.1, 0.15) is 0 Å². The largest absolute Gasteiger partial charge is 0.361 e. The number of carbonyl (C=O) groups is 1. The first kappa shape index (κ1) is 15.5. The van der Waals surface area contributed by atoms with Crippen LogP contribution in [0.2, 0.25) is 0 Å². The molecule has 0 saturated carbocycles. The molecule has 7 heteroatoms. The minimum Gasteiger partial charge on any atom is -0.361 e. The molecule has 0 unspecified atom stereocenters. The van der Waals surface area contributed by atoms with Crippen LogP contribution in [0.1, 0.15) is 24.1 Å². The summed E-state index contributed by atoms with van der Waals surface area (Å²) in [7, 11) is 3.88. The first-order valence-corrected chi connectivity index (χ1v) is 7.91. The second kappa shape index (κ2) is 6.76. The molecule has 1 amide bonds. The zero-order valence-electron chi connectivity index (χ0n) is 13.6. The Balaban J connectivity index is 1.57. The lowest BCUT2D eigenvalue weighted by Crippen LogP contribution is -2.36. The number of carbonyl (C=O) groups excluding carboxylic acids is 1. The highest BCUT2D eigenvalue weighted by molar-refractivity contribution is 5.76. The quantitative estimate of drug-likeness (QED) is 0.827. The van der Waals surface area contributed by atoms with Crippen molar-refractivity contribution in [3.63, 3.8) is 0 Å². The summed E-state index contributed by atoms with van der Waals surface area (Å²) in [5, 5.41) is 12.6. The first-order chi connectivity index (χ1) is 11.1. The Morgan fingerprint density at radius 2 is 2.22 bits per heavy atom. The Hall–Kier alpha value is -2.44. The van der Waals surface area contributed by atoms with E-state index < -0.39 is 0 Å². The van der Waals surface area contributed by atoms with Gasteiger partial charge in [0.2, 0.25) is 5.91 Å². The molecule has 7 nitrogen and oxygen atoms in total. The normalized spacial score (nSPS) is 13.7. The lowest BCUT2D eigenvalue weighted by atomic mass is 10.1. The van der Waals surface area contributed by atoms with Crippen LogP contribution in [0.3, 0.4) is 0 Å². The van der Waals surface area contributed by atoms with Gasteiger partial charge in [0.25, 0.3) is 0 Å². The van der Waals surface area contributed by atoms with Gasteiger partial charge in [0.15, 0.2) is 5.82 Å². The van der Waals surface area contributed by atoms with E-state index >= 15 is 0 Å². The van der Waals surface area contributed by atoms with Crippen molar-refractivity contribution >= 4 is 11.7 Å². The molecule has 0 saturated heterocycles. The summed E-state index contributed by atoms with van der Waals surface area (Å²) in [5.74, 6) is 1.03. The fourth-order valence-electron chi connectivity index (χ4n) is 2.73. The molecule has 1 aliphatic heterocycles. The van der Waals surface area contributed by atoms with Crippen LogP contribution in [0.15, 0.2) is 24.5 Å². The molecule has 0 atom stereocenters. The van der Waals surface area contributed by atoms with Gasteiger partial charge in [-0.3, -0.25) is 9.48 Å². The molecule has 0 radical (unpaired) electrons. The molecule has 0 spiro atoms. The number of rotatable bonds is 5. The standard InChI is InChI=1S/C16H22N6O/c1-20(2)15-11-13-12-21(10-6-14(13)18-19-15)16(23)5-3-8-22-9-4-7-17-22/h4,7,9,11H,3,5-6,8,10,12H2,1-2H3. The van der Waals surface area contributed by atoms with Gasteiger partial charge in [-0.15, -0.1) is 5.10 Å². The van der Waals surface area contributed by atoms with E-state index in [1.165, 1.54) is 0 Å². The minimum absolute atomic E-state index is 0.200. The number of anilines is 1. The van der Waals surface area contributed by atoms with Gasteiger partial charge in [-0.25, -0.2) is 0 Å². The molecule has 2 aromatic heterocycles. The van der Waals surface area contributed by atoms with Gasteiger partial charge in [0.05, 0.1) is 5.69 Å². The van der Waals surface area contributed by atoms with E-state index in [9.17, 15) is 4.79 Å². The average molecular weight is 314 g/mol. The van der Waals surface area contributed by atoms with E-state index in [4.69, 9.17) is 0 Å². The Kier molecular flexibility index (Phi) is 4.55. The van der Waals surface area contributed by atoms with Crippen molar-refractivity contribution < 1.29 is 4.79 Å². The van der Waals surface area contributed by atoms with Crippen LogP contribution < -0.4 is 4.90 Å². The number of fused-ring (bicyclic) bond motifs is 1. The molecule has 0 aromatic carbocycles. The van der Waals surface area contributed by atoms with Crippen LogP contribution >= 0.6 is 0 Å². The summed E-state index contributed by atoms with van der Waals surface area (Å²) in [4.78, 5) is 16.3. The highest BCUT2D eigenvalue weighted by atomic mass is 16.2. The van der Waals surface area contributed by atoms with Gasteiger partial charge in [0, 0.05) is 59.0 Å². The van der Waals surface area contributed by atoms with Crippen LogP contribution in [0.25, 0.3) is 0 Å². The maximum Gasteiger partial charge on any atom is 0.222 e. The van der Waals surface area contributed by atoms with E-state index in [2.05, 4.69) is 15.3 Å². The number of nitrogens with zero attached hydrogens (tertiary/aromatic N) is 6. The van der Waals surface area contributed by atoms with Crippen molar-refractivity contribution in [2.75, 3.05) is 25.5 Å². The lowest BCUT2D eigenvalue weighted by Gasteiger charge is -2.28. The summed E-state index contributed by atoms with van der Waals surface area (Å²) in [6, 6.07) is 3.93. The van der Waals surface area contributed by atoms with Crippen LogP contribution in [0.5, 0.6) is 0 Å². The summed E-state index contributed by atoms with van der Waals surface area (Å²) in [6.07, 6.45) is 5.81. The Bertz CT molecular complexity index is 667. The number of hydrogen-bond donors (Lipinski definition) is 0.